The van der Waals surface area contributed by atoms with Gasteiger partial charge in [-0.1, -0.05) is 0 Å². The summed E-state index contributed by atoms with van der Waals surface area (Å²) in [5, 5.41) is 30.1. The Labute approximate surface area is 120 Å². The first-order valence-electron chi connectivity index (χ1n) is 6.46. The summed E-state index contributed by atoms with van der Waals surface area (Å²) in [7, 11) is 0. The van der Waals surface area contributed by atoms with Gasteiger partial charge in [0.1, 0.15) is 29.7 Å². The molecule has 9 heteroatoms. The molecule has 5 N–H and O–H groups in total. The van der Waals surface area contributed by atoms with E-state index in [2.05, 4.69) is 15.0 Å². The smallest absolute Gasteiger partial charge is 0.176 e. The molecule has 0 aromatic carbocycles. The van der Waals surface area contributed by atoms with Gasteiger partial charge in [0.05, 0.1) is 12.9 Å². The number of nitrogens with two attached hydrogens (primary N) is 1. The minimum atomic E-state index is -1.66. The summed E-state index contributed by atoms with van der Waals surface area (Å²) in [5.41, 5.74) is 3.46. The van der Waals surface area contributed by atoms with E-state index in [4.69, 9.17) is 10.5 Å². The highest BCUT2D eigenvalue weighted by molar-refractivity contribution is 5.81. The quantitative estimate of drug-likeness (QED) is 0.529. The average molecular weight is 295 g/mol. The molecular formula is C12H17N5O4. The number of nitrogen functional groups attached to an aromatic ring is 1. The lowest BCUT2D eigenvalue weighted by atomic mass is 9.88. The van der Waals surface area contributed by atoms with Crippen LogP contribution in [0.1, 0.15) is 13.8 Å². The third-order valence-electron chi connectivity index (χ3n) is 4.25. The van der Waals surface area contributed by atoms with Gasteiger partial charge in [-0.25, -0.2) is 15.0 Å². The Morgan fingerprint density at radius 3 is 2.71 bits per heavy atom. The Balaban J connectivity index is 2.19. The van der Waals surface area contributed by atoms with Crippen molar-refractivity contribution in [3.63, 3.8) is 0 Å². The Morgan fingerprint density at radius 1 is 1.38 bits per heavy atom. The van der Waals surface area contributed by atoms with Gasteiger partial charge in [0.15, 0.2) is 17.2 Å². The van der Waals surface area contributed by atoms with Crippen molar-refractivity contribution in [2.45, 2.75) is 37.4 Å². The van der Waals surface area contributed by atoms with Crippen LogP contribution < -0.4 is 5.73 Å². The van der Waals surface area contributed by atoms with Gasteiger partial charge in [-0.3, -0.25) is 4.57 Å². The van der Waals surface area contributed by atoms with Crippen LogP contribution in [-0.4, -0.2) is 59.3 Å². The number of hydrogen-bond acceptors (Lipinski definition) is 8. The van der Waals surface area contributed by atoms with Crippen molar-refractivity contribution in [1.29, 1.82) is 0 Å². The van der Waals surface area contributed by atoms with E-state index in [1.807, 2.05) is 0 Å². The first kappa shape index (κ1) is 14.1. The van der Waals surface area contributed by atoms with Crippen LogP contribution in [0.2, 0.25) is 0 Å². The molecule has 3 rings (SSSR count). The SMILES string of the molecule is C[C@@]1(n2cnc3c(N)ncnc32)O[C@H](CO)[C@@H](O)[C@@]1(C)O. The van der Waals surface area contributed by atoms with Crippen molar-refractivity contribution in [1.82, 2.24) is 19.5 Å². The molecule has 0 saturated carbocycles. The van der Waals surface area contributed by atoms with Crippen LogP contribution in [0.3, 0.4) is 0 Å². The standard InChI is InChI=1S/C12H17N5O4/c1-11(20)8(19)6(3-18)21-12(11,2)17-5-16-7-9(13)14-4-15-10(7)17/h4-6,8,18-20H,3H2,1-2H3,(H2,13,14,15)/t6-,8-,11-,12-/m1/s1. The van der Waals surface area contributed by atoms with E-state index < -0.39 is 30.1 Å². The zero-order valence-electron chi connectivity index (χ0n) is 11.6. The molecule has 114 valence electrons. The summed E-state index contributed by atoms with van der Waals surface area (Å²) in [6.07, 6.45) is 0.519. The number of aliphatic hydroxyl groups is 3. The molecule has 2 aromatic rings. The summed E-state index contributed by atoms with van der Waals surface area (Å²) in [6.45, 7) is 2.60. The molecule has 21 heavy (non-hydrogen) atoms. The van der Waals surface area contributed by atoms with Crippen LogP contribution in [0.25, 0.3) is 11.2 Å². The largest absolute Gasteiger partial charge is 0.394 e. The lowest BCUT2D eigenvalue weighted by Crippen LogP contribution is -2.53. The maximum atomic E-state index is 10.7. The zero-order valence-corrected chi connectivity index (χ0v) is 11.6. The van der Waals surface area contributed by atoms with Crippen molar-refractivity contribution in [2.24, 2.45) is 0 Å². The molecular weight excluding hydrogens is 278 g/mol. The second-order valence-electron chi connectivity index (χ2n) is 5.46. The van der Waals surface area contributed by atoms with Crippen molar-refractivity contribution in [2.75, 3.05) is 12.3 Å². The minimum absolute atomic E-state index is 0.208. The number of fused-ring (bicyclic) bond motifs is 1. The monoisotopic (exact) mass is 295 g/mol. The summed E-state index contributed by atoms with van der Waals surface area (Å²) in [4.78, 5) is 12.1. The lowest BCUT2D eigenvalue weighted by molar-refractivity contribution is -0.174. The Bertz CT molecular complexity index is 687. The molecule has 0 bridgehead atoms. The number of hydrogen-bond donors (Lipinski definition) is 4. The van der Waals surface area contributed by atoms with E-state index in [0.29, 0.717) is 11.2 Å². The van der Waals surface area contributed by atoms with E-state index in [9.17, 15) is 15.3 Å². The van der Waals surface area contributed by atoms with Crippen molar-refractivity contribution >= 4 is 17.0 Å². The highest BCUT2D eigenvalue weighted by atomic mass is 16.6. The van der Waals surface area contributed by atoms with E-state index in [-0.39, 0.29) is 5.82 Å². The van der Waals surface area contributed by atoms with Crippen molar-refractivity contribution < 1.29 is 20.1 Å². The molecule has 2 aromatic heterocycles. The second-order valence-corrected chi connectivity index (χ2v) is 5.46. The molecule has 1 fully saturated rings. The average Bonchev–Trinajstić information content (AvgIpc) is 2.95. The van der Waals surface area contributed by atoms with Gasteiger partial charge in [0, 0.05) is 0 Å². The van der Waals surface area contributed by atoms with Crippen LogP contribution in [0.5, 0.6) is 0 Å². The highest BCUT2D eigenvalue weighted by Gasteiger charge is 2.61. The Morgan fingerprint density at radius 2 is 2.10 bits per heavy atom. The summed E-state index contributed by atoms with van der Waals surface area (Å²) in [5.74, 6) is 0.208. The van der Waals surface area contributed by atoms with Gasteiger partial charge < -0.3 is 25.8 Å². The first-order valence-corrected chi connectivity index (χ1v) is 6.46. The zero-order chi connectivity index (χ0) is 15.4. The van der Waals surface area contributed by atoms with E-state index in [1.54, 1.807) is 6.92 Å². The third kappa shape index (κ3) is 1.69. The molecule has 0 unspecified atom stereocenters. The number of anilines is 1. The van der Waals surface area contributed by atoms with Crippen LogP contribution in [-0.2, 0) is 10.5 Å². The molecule has 3 heterocycles. The number of rotatable bonds is 2. The first-order chi connectivity index (χ1) is 9.83. The van der Waals surface area contributed by atoms with Crippen LogP contribution in [0.15, 0.2) is 12.7 Å². The number of imidazole rings is 1. The lowest BCUT2D eigenvalue weighted by Gasteiger charge is -2.37. The molecule has 9 nitrogen and oxygen atoms in total. The van der Waals surface area contributed by atoms with Gasteiger partial charge in [-0.2, -0.15) is 0 Å². The normalized spacial score (nSPS) is 36.4. The third-order valence-corrected chi connectivity index (χ3v) is 4.25. The Kier molecular flexibility index (Phi) is 2.92. The van der Waals surface area contributed by atoms with Crippen molar-refractivity contribution in [3.05, 3.63) is 12.7 Å². The van der Waals surface area contributed by atoms with Crippen LogP contribution >= 0.6 is 0 Å². The fraction of sp³-hybridized carbons (Fsp3) is 0.583. The van der Waals surface area contributed by atoms with E-state index >= 15 is 0 Å². The molecule has 0 aliphatic carbocycles. The second kappa shape index (κ2) is 4.34. The maximum Gasteiger partial charge on any atom is 0.176 e. The van der Waals surface area contributed by atoms with Crippen LogP contribution in [0, 0.1) is 0 Å². The summed E-state index contributed by atoms with van der Waals surface area (Å²) in [6, 6.07) is 0. The molecule has 1 aliphatic rings. The fourth-order valence-corrected chi connectivity index (χ4v) is 2.72. The van der Waals surface area contributed by atoms with Gasteiger partial charge in [-0.05, 0) is 13.8 Å². The highest BCUT2D eigenvalue weighted by Crippen LogP contribution is 2.44. The molecule has 1 saturated heterocycles. The number of aromatic nitrogens is 4. The van der Waals surface area contributed by atoms with Gasteiger partial charge >= 0.3 is 0 Å². The molecule has 0 radical (unpaired) electrons. The van der Waals surface area contributed by atoms with Gasteiger partial charge in [0.2, 0.25) is 0 Å². The van der Waals surface area contributed by atoms with Crippen molar-refractivity contribution in [3.8, 4) is 0 Å². The van der Waals surface area contributed by atoms with E-state index in [1.165, 1.54) is 24.1 Å². The maximum absolute atomic E-state index is 10.7. The fourth-order valence-electron chi connectivity index (χ4n) is 2.72. The number of aliphatic hydroxyl groups excluding tert-OH is 2. The molecule has 4 atom stereocenters. The van der Waals surface area contributed by atoms with E-state index in [0.717, 1.165) is 0 Å². The minimum Gasteiger partial charge on any atom is -0.394 e. The number of nitrogens with zero attached hydrogens (tertiary/aromatic N) is 4. The topological polar surface area (TPSA) is 140 Å². The van der Waals surface area contributed by atoms with Gasteiger partial charge in [-0.15, -0.1) is 0 Å². The summed E-state index contributed by atoms with van der Waals surface area (Å²) >= 11 is 0. The number of ether oxygens (including phenoxy) is 1. The molecule has 1 aliphatic heterocycles. The molecule has 0 spiro atoms. The predicted molar refractivity (Wildman–Crippen MR) is 72.0 cm³/mol. The van der Waals surface area contributed by atoms with Gasteiger partial charge in [0.25, 0.3) is 0 Å². The summed E-state index contributed by atoms with van der Waals surface area (Å²) < 4.78 is 7.18. The van der Waals surface area contributed by atoms with Crippen LogP contribution in [0.4, 0.5) is 5.82 Å². The Hall–Kier alpha value is -1.81. The molecule has 0 amide bonds. The predicted octanol–water partition coefficient (Wildman–Crippen LogP) is -1.42.